The number of nitrogens with one attached hydrogen (secondary N) is 1. The van der Waals surface area contributed by atoms with Crippen LogP contribution in [0.15, 0.2) is 30.5 Å². The number of benzene rings is 1. The van der Waals surface area contributed by atoms with Gasteiger partial charge in [-0.1, -0.05) is 32.9 Å². The zero-order valence-electron chi connectivity index (χ0n) is 12.5. The predicted molar refractivity (Wildman–Crippen MR) is 86.0 cm³/mol. The van der Waals surface area contributed by atoms with E-state index in [0.29, 0.717) is 11.3 Å². The molecule has 2 N–H and O–H groups in total. The average molecular weight is 304 g/mol. The second-order valence-corrected chi connectivity index (χ2v) is 6.93. The lowest BCUT2D eigenvalue weighted by molar-refractivity contribution is 0.103. The summed E-state index contributed by atoms with van der Waals surface area (Å²) in [7, 11) is 0. The summed E-state index contributed by atoms with van der Waals surface area (Å²) in [6.45, 7) is 6.36. The van der Waals surface area contributed by atoms with Gasteiger partial charge < -0.3 is 10.4 Å². The molecule has 2 rings (SSSR count). The maximum Gasteiger partial charge on any atom is 0.267 e. The van der Waals surface area contributed by atoms with Crippen molar-refractivity contribution in [2.75, 3.05) is 11.9 Å². The van der Waals surface area contributed by atoms with Crippen molar-refractivity contribution in [3.8, 4) is 0 Å². The van der Waals surface area contributed by atoms with E-state index in [1.54, 1.807) is 6.20 Å². The van der Waals surface area contributed by atoms with Gasteiger partial charge >= 0.3 is 0 Å². The van der Waals surface area contributed by atoms with Crippen molar-refractivity contribution >= 4 is 22.9 Å². The molecule has 0 aliphatic rings. The summed E-state index contributed by atoms with van der Waals surface area (Å²) in [5, 5.41) is 12.7. The van der Waals surface area contributed by atoms with Gasteiger partial charge in [0.25, 0.3) is 5.91 Å². The number of nitrogens with zero attached hydrogens (tertiary/aromatic N) is 1. The maximum absolute atomic E-state index is 12.2. The minimum atomic E-state index is -0.141. The number of carbonyl (C=O) groups excluding carboxylic acids is 1. The van der Waals surface area contributed by atoms with Gasteiger partial charge in [-0.25, -0.2) is 4.98 Å². The quantitative estimate of drug-likeness (QED) is 0.911. The van der Waals surface area contributed by atoms with Gasteiger partial charge in [0, 0.05) is 17.7 Å². The Balaban J connectivity index is 2.05. The van der Waals surface area contributed by atoms with Gasteiger partial charge in [0.05, 0.1) is 11.2 Å². The minimum absolute atomic E-state index is 0.0465. The van der Waals surface area contributed by atoms with E-state index in [9.17, 15) is 4.79 Å². The fourth-order valence-corrected chi connectivity index (χ4v) is 2.67. The van der Waals surface area contributed by atoms with Gasteiger partial charge in [-0.15, -0.1) is 11.3 Å². The van der Waals surface area contributed by atoms with Crippen LogP contribution in [0.2, 0.25) is 0 Å². The van der Waals surface area contributed by atoms with Crippen LogP contribution in [0.3, 0.4) is 0 Å². The van der Waals surface area contributed by atoms with Crippen LogP contribution in [-0.4, -0.2) is 22.6 Å². The van der Waals surface area contributed by atoms with E-state index in [0.717, 1.165) is 16.3 Å². The first-order valence-electron chi connectivity index (χ1n) is 6.87. The van der Waals surface area contributed by atoms with E-state index in [4.69, 9.17) is 5.11 Å². The average Bonchev–Trinajstić information content (AvgIpc) is 2.91. The third-order valence-corrected chi connectivity index (χ3v) is 4.41. The third-order valence-electron chi connectivity index (χ3n) is 2.98. The van der Waals surface area contributed by atoms with Crippen LogP contribution in [0, 0.1) is 0 Å². The Morgan fingerprint density at radius 1 is 1.29 bits per heavy atom. The summed E-state index contributed by atoms with van der Waals surface area (Å²) in [5.41, 5.74) is 1.74. The van der Waals surface area contributed by atoms with Crippen molar-refractivity contribution in [1.29, 1.82) is 0 Å². The van der Waals surface area contributed by atoms with Crippen molar-refractivity contribution in [1.82, 2.24) is 4.98 Å². The van der Waals surface area contributed by atoms with Crippen molar-refractivity contribution in [2.45, 2.75) is 32.6 Å². The number of carbonyl (C=O) groups is 1. The minimum Gasteiger partial charge on any atom is -0.396 e. The van der Waals surface area contributed by atoms with Crippen LogP contribution >= 0.6 is 11.3 Å². The molecule has 0 unspecified atom stereocenters. The lowest BCUT2D eigenvalue weighted by atomic mass is 9.98. The molecular weight excluding hydrogens is 284 g/mol. The molecule has 1 heterocycles. The molecule has 112 valence electrons. The number of aliphatic hydroxyl groups excluding tert-OH is 1. The topological polar surface area (TPSA) is 62.2 Å². The summed E-state index contributed by atoms with van der Waals surface area (Å²) < 4.78 is 0. The summed E-state index contributed by atoms with van der Waals surface area (Å²) >= 11 is 1.42. The fourth-order valence-electron chi connectivity index (χ4n) is 1.80. The highest BCUT2D eigenvalue weighted by atomic mass is 32.1. The van der Waals surface area contributed by atoms with Gasteiger partial charge in [-0.3, -0.25) is 4.79 Å². The Morgan fingerprint density at radius 2 is 1.95 bits per heavy atom. The summed E-state index contributed by atoms with van der Waals surface area (Å²) in [6, 6.07) is 7.49. The van der Waals surface area contributed by atoms with E-state index < -0.39 is 0 Å². The Morgan fingerprint density at radius 3 is 2.48 bits per heavy atom. The summed E-state index contributed by atoms with van der Waals surface area (Å²) in [4.78, 5) is 17.1. The van der Waals surface area contributed by atoms with Crippen LogP contribution in [0.25, 0.3) is 0 Å². The molecule has 5 heteroatoms. The number of anilines is 1. The highest BCUT2D eigenvalue weighted by molar-refractivity contribution is 7.13. The van der Waals surface area contributed by atoms with Crippen LogP contribution < -0.4 is 5.32 Å². The van der Waals surface area contributed by atoms with E-state index in [-0.39, 0.29) is 17.9 Å². The Bertz CT molecular complexity index is 612. The van der Waals surface area contributed by atoms with Gasteiger partial charge in [0.1, 0.15) is 4.88 Å². The molecule has 0 saturated carbocycles. The maximum atomic E-state index is 12.2. The highest BCUT2D eigenvalue weighted by Crippen LogP contribution is 2.27. The number of amides is 1. The molecule has 1 amide bonds. The van der Waals surface area contributed by atoms with Crippen LogP contribution in [0.4, 0.5) is 5.69 Å². The molecule has 1 aromatic carbocycles. The Hall–Kier alpha value is -1.72. The number of aromatic nitrogens is 1. The number of hydrogen-bond acceptors (Lipinski definition) is 4. The second kappa shape index (κ2) is 6.37. The summed E-state index contributed by atoms with van der Waals surface area (Å²) in [5.74, 6) is -0.141. The highest BCUT2D eigenvalue weighted by Gasteiger charge is 2.20. The van der Waals surface area contributed by atoms with Crippen LogP contribution in [0.1, 0.15) is 41.0 Å². The molecule has 0 saturated heterocycles. The van der Waals surface area contributed by atoms with Crippen molar-refractivity contribution in [3.05, 3.63) is 45.9 Å². The first-order chi connectivity index (χ1) is 9.90. The van der Waals surface area contributed by atoms with Crippen molar-refractivity contribution < 1.29 is 9.90 Å². The largest absolute Gasteiger partial charge is 0.396 e. The molecule has 0 bridgehead atoms. The Kier molecular flexibility index (Phi) is 4.75. The molecule has 0 aliphatic carbocycles. The SMILES string of the molecule is CC(C)(C)c1ncc(C(=O)Nc2ccc(CCO)cc2)s1. The summed E-state index contributed by atoms with van der Waals surface area (Å²) in [6.07, 6.45) is 2.25. The number of rotatable bonds is 4. The van der Waals surface area contributed by atoms with Gasteiger partial charge in [-0.2, -0.15) is 0 Å². The van der Waals surface area contributed by atoms with Crippen LogP contribution in [0.5, 0.6) is 0 Å². The molecule has 0 atom stereocenters. The molecule has 0 radical (unpaired) electrons. The first kappa shape index (κ1) is 15.7. The number of thiazole rings is 1. The fraction of sp³-hybridized carbons (Fsp3) is 0.375. The molecule has 0 spiro atoms. The van der Waals surface area contributed by atoms with E-state index in [2.05, 4.69) is 31.1 Å². The Labute approximate surface area is 128 Å². The monoisotopic (exact) mass is 304 g/mol. The molecular formula is C16H20N2O2S. The van der Waals surface area contributed by atoms with Crippen molar-refractivity contribution in [2.24, 2.45) is 0 Å². The normalized spacial score (nSPS) is 11.4. The second-order valence-electron chi connectivity index (χ2n) is 5.90. The molecule has 0 fully saturated rings. The molecule has 1 aromatic heterocycles. The molecule has 21 heavy (non-hydrogen) atoms. The van der Waals surface area contributed by atoms with Crippen molar-refractivity contribution in [3.63, 3.8) is 0 Å². The van der Waals surface area contributed by atoms with Gasteiger partial charge in [0.15, 0.2) is 0 Å². The predicted octanol–water partition coefficient (Wildman–Crippen LogP) is 3.23. The number of aliphatic hydroxyl groups is 1. The van der Waals surface area contributed by atoms with E-state index >= 15 is 0 Å². The molecule has 4 nitrogen and oxygen atoms in total. The lowest BCUT2D eigenvalue weighted by Crippen LogP contribution is -2.11. The van der Waals surface area contributed by atoms with Crippen LogP contribution in [-0.2, 0) is 11.8 Å². The zero-order valence-corrected chi connectivity index (χ0v) is 13.3. The number of hydrogen-bond donors (Lipinski definition) is 2. The molecule has 2 aromatic rings. The smallest absolute Gasteiger partial charge is 0.267 e. The van der Waals surface area contributed by atoms with Gasteiger partial charge in [0.2, 0.25) is 0 Å². The third kappa shape index (κ3) is 4.12. The van der Waals surface area contributed by atoms with E-state index in [1.807, 2.05) is 24.3 Å². The van der Waals surface area contributed by atoms with E-state index in [1.165, 1.54) is 11.3 Å². The standard InChI is InChI=1S/C16H20N2O2S/c1-16(2,3)15-17-10-13(21-15)14(20)18-12-6-4-11(5-7-12)8-9-19/h4-7,10,19H,8-9H2,1-3H3,(H,18,20). The molecule has 0 aliphatic heterocycles. The van der Waals surface area contributed by atoms with Gasteiger partial charge in [-0.05, 0) is 24.1 Å². The first-order valence-corrected chi connectivity index (χ1v) is 7.69. The lowest BCUT2D eigenvalue weighted by Gasteiger charge is -2.13. The zero-order chi connectivity index (χ0) is 15.5.